The van der Waals surface area contributed by atoms with Gasteiger partial charge in [-0.25, -0.2) is 0 Å². The van der Waals surface area contributed by atoms with E-state index < -0.39 is 209 Å². The summed E-state index contributed by atoms with van der Waals surface area (Å²) in [5, 5.41) is 0. The molecule has 0 atom stereocenters. The van der Waals surface area contributed by atoms with E-state index in [4.69, 9.17) is 9.47 Å². The van der Waals surface area contributed by atoms with Crippen molar-refractivity contribution in [1.82, 2.24) is 0 Å². The minimum Gasteiger partial charge on any atom is -0.194 e. The van der Waals surface area contributed by atoms with Crippen LogP contribution in [0.2, 0.25) is 0 Å². The Hall–Kier alpha value is -6.80. The fourth-order valence-corrected chi connectivity index (χ4v) is 13.2. The average Bonchev–Trinajstić information content (AvgIpc) is 1.92. The van der Waals surface area contributed by atoms with Crippen LogP contribution in [0.1, 0.15) is 51.4 Å². The van der Waals surface area contributed by atoms with Crippen molar-refractivity contribution in [2.24, 2.45) is 0 Å². The van der Waals surface area contributed by atoms with Gasteiger partial charge in [0, 0.05) is 0 Å². The van der Waals surface area contributed by atoms with E-state index >= 15 is 0 Å². The maximum absolute atomic E-state index is 14.2. The zero-order chi connectivity index (χ0) is 61.2. The van der Waals surface area contributed by atoms with Crippen LogP contribution in [0, 0.1) is 0 Å². The van der Waals surface area contributed by atoms with Crippen molar-refractivity contribution >= 4 is 55.3 Å². The largest absolute Gasteiger partial charge is 0.416 e. The van der Waals surface area contributed by atoms with Crippen LogP contribution in [0.25, 0.3) is 0 Å². The second-order valence-corrected chi connectivity index (χ2v) is 21.8. The van der Waals surface area contributed by atoms with Crippen LogP contribution >= 0.6 is 0 Å². The Kier molecular flexibility index (Phi) is 18.7. The number of ether oxygens (including phenoxy) is 2. The summed E-state index contributed by atoms with van der Waals surface area (Å²) < 4.78 is 356. The third-order valence-corrected chi connectivity index (χ3v) is 16.9. The molecule has 7 aromatic rings. The third kappa shape index (κ3) is 15.2. The molecule has 7 aromatic carbocycles. The van der Waals surface area contributed by atoms with Crippen molar-refractivity contribution in [2.45, 2.75) is 56.3 Å². The molecular formula is C54H35BF24O2Se. The second kappa shape index (κ2) is 23.8. The van der Waals surface area contributed by atoms with Crippen molar-refractivity contribution in [1.29, 1.82) is 0 Å². The van der Waals surface area contributed by atoms with Crippen LogP contribution in [-0.4, -0.2) is 39.9 Å². The van der Waals surface area contributed by atoms with E-state index in [0.717, 1.165) is 12.4 Å². The molecule has 0 fully saturated rings. The standard InChI is InChI=1S/C32H12BF24.C22H23O2Se/c34-25(35,36)13-1-14(26(37,38)39)6-21(5-13)33(22-7-15(27(40,41)42)2-16(8-22)28(43,44)45,23-9-17(29(46,47)48)3-18(10-23)30(49,50)51)24-11-19(31(52,53)54)4-20(12-24)32(55,56)57;1-2-23-17-18-24-21-15-9-10-16-22(21)25(19-11-5-3-6-12-19)20-13-7-4-8-14-20/h1-12H;3-16H,2,17-18H2,1H3/q-1;+1. The zero-order valence-electron chi connectivity index (χ0n) is 41.0. The number of halogens is 24. The normalized spacial score (nSPS) is 13.2. The number of hydrogen-bond acceptors (Lipinski definition) is 2. The molecule has 0 saturated carbocycles. The second-order valence-electron chi connectivity index (χ2n) is 17.6. The minimum absolute atomic E-state index is 0.577. The van der Waals surface area contributed by atoms with Crippen molar-refractivity contribution in [3.63, 3.8) is 0 Å². The van der Waals surface area contributed by atoms with Gasteiger partial charge in [0.05, 0.1) is 44.5 Å². The van der Waals surface area contributed by atoms with Gasteiger partial charge < -0.3 is 0 Å². The van der Waals surface area contributed by atoms with Gasteiger partial charge in [-0.3, -0.25) is 0 Å². The number of alkyl halides is 24. The first-order valence-electron chi connectivity index (χ1n) is 23.2. The molecule has 2 nitrogen and oxygen atoms in total. The van der Waals surface area contributed by atoms with Crippen LogP contribution in [0.5, 0.6) is 5.75 Å². The summed E-state index contributed by atoms with van der Waals surface area (Å²) in [6.07, 6.45) is -54.8. The summed E-state index contributed by atoms with van der Waals surface area (Å²) in [6, 6.07) is 21.2. The van der Waals surface area contributed by atoms with Gasteiger partial charge in [-0.1, -0.05) is 48.5 Å². The van der Waals surface area contributed by atoms with Crippen molar-refractivity contribution in [2.75, 3.05) is 19.8 Å². The quantitative estimate of drug-likeness (QED) is 0.0690. The van der Waals surface area contributed by atoms with Gasteiger partial charge in [-0.15, -0.1) is 0 Å². The van der Waals surface area contributed by atoms with E-state index in [2.05, 4.69) is 78.9 Å². The topological polar surface area (TPSA) is 18.5 Å². The smallest absolute Gasteiger partial charge is 0.194 e. The Bertz CT molecular complexity index is 2830. The molecule has 0 unspecified atom stereocenters. The van der Waals surface area contributed by atoms with Gasteiger partial charge >= 0.3 is 204 Å². The molecule has 0 saturated heterocycles. The summed E-state index contributed by atoms with van der Waals surface area (Å²) in [4.78, 5) is 0. The summed E-state index contributed by atoms with van der Waals surface area (Å²) in [7, 11) is 0. The molecule has 0 aromatic heterocycles. The molecule has 0 radical (unpaired) electrons. The summed E-state index contributed by atoms with van der Waals surface area (Å²) in [5.41, 5.74) is -30.2. The number of benzene rings is 7. The van der Waals surface area contributed by atoms with E-state index in [1.54, 1.807) is 0 Å². The summed E-state index contributed by atoms with van der Waals surface area (Å²) in [6.45, 7) is 3.91. The van der Waals surface area contributed by atoms with E-state index in [0.29, 0.717) is 13.2 Å². The van der Waals surface area contributed by atoms with Gasteiger partial charge in [-0.2, -0.15) is 127 Å². The van der Waals surface area contributed by atoms with Gasteiger partial charge in [0.1, 0.15) is 6.15 Å². The maximum Gasteiger partial charge on any atom is 0.416 e. The summed E-state index contributed by atoms with van der Waals surface area (Å²) >= 11 is -1.40. The van der Waals surface area contributed by atoms with Gasteiger partial charge in [0.15, 0.2) is 0 Å². The number of para-hydroxylation sites is 1. The molecule has 28 heteroatoms. The van der Waals surface area contributed by atoms with Crippen LogP contribution in [0.4, 0.5) is 105 Å². The Morgan fingerprint density at radius 2 is 0.561 bits per heavy atom. The molecule has 7 rings (SSSR count). The fraction of sp³-hybridized carbons (Fsp3) is 0.222. The third-order valence-electron chi connectivity index (χ3n) is 12.2. The SMILES string of the molecule is CCOCCOc1ccccc1[Se+](c1ccccc1)c1ccccc1.FC(F)(F)c1cc([B-](c2cc(C(F)(F)F)cc(C(F)(F)F)c2)(c2cc(C(F)(F)F)cc(C(F)(F)F)c2)c2cc(C(F)(F)F)cc(C(F)(F)F)c2)cc(C(F)(F)F)c1. The van der Waals surface area contributed by atoms with E-state index in [-0.39, 0.29) is 0 Å². The van der Waals surface area contributed by atoms with Crippen molar-refractivity contribution < 1.29 is 115 Å². The Balaban J connectivity index is 0.000000357. The maximum atomic E-state index is 14.2. The molecule has 0 N–H and O–H groups in total. The van der Waals surface area contributed by atoms with Gasteiger partial charge in [-0.05, 0) is 24.3 Å². The Morgan fingerprint density at radius 3 is 0.805 bits per heavy atom. The van der Waals surface area contributed by atoms with Gasteiger partial charge in [0.25, 0.3) is 0 Å². The molecular weight excluding hydrogens is 1230 g/mol. The first kappa shape index (κ1) is 64.4. The molecule has 0 bridgehead atoms. The molecule has 0 aliphatic rings. The van der Waals surface area contributed by atoms with Crippen LogP contribution in [-0.2, 0) is 54.1 Å². The molecule has 0 spiro atoms. The van der Waals surface area contributed by atoms with Crippen LogP contribution in [0.15, 0.2) is 158 Å². The molecule has 0 amide bonds. The first-order chi connectivity index (χ1) is 37.7. The van der Waals surface area contributed by atoms with Gasteiger partial charge in [0.2, 0.25) is 0 Å². The molecule has 0 aliphatic heterocycles. The minimum atomic E-state index is -6.13. The predicted molar refractivity (Wildman–Crippen MR) is 256 cm³/mol. The molecule has 0 aliphatic carbocycles. The van der Waals surface area contributed by atoms with E-state index in [1.165, 1.54) is 13.4 Å². The molecule has 82 heavy (non-hydrogen) atoms. The van der Waals surface area contributed by atoms with E-state index in [9.17, 15) is 105 Å². The molecule has 0 heterocycles. The monoisotopic (exact) mass is 1260 g/mol. The van der Waals surface area contributed by atoms with Crippen molar-refractivity contribution in [3.8, 4) is 5.75 Å². The number of rotatable bonds is 12. The van der Waals surface area contributed by atoms with Crippen LogP contribution < -0.4 is 40.0 Å². The number of hydrogen-bond donors (Lipinski definition) is 0. The van der Waals surface area contributed by atoms with Crippen LogP contribution in [0.3, 0.4) is 0 Å². The Labute approximate surface area is 453 Å². The van der Waals surface area contributed by atoms with Crippen molar-refractivity contribution in [3.05, 3.63) is 202 Å². The predicted octanol–water partition coefficient (Wildman–Crippen LogP) is 13.8. The fourth-order valence-electron chi connectivity index (χ4n) is 8.67. The zero-order valence-corrected chi connectivity index (χ0v) is 42.7. The van der Waals surface area contributed by atoms with E-state index in [1.807, 2.05) is 13.0 Å². The average molecular weight is 1260 g/mol. The molecule has 440 valence electrons. The first-order valence-corrected chi connectivity index (χ1v) is 25.7. The summed E-state index contributed by atoms with van der Waals surface area (Å²) in [5.74, 6) is 0.972. The Morgan fingerprint density at radius 1 is 0.317 bits per heavy atom.